The van der Waals surface area contributed by atoms with Crippen molar-refractivity contribution in [3.8, 4) is 0 Å². The monoisotopic (exact) mass is 199 g/mol. The first-order valence-corrected chi connectivity index (χ1v) is 4.17. The zero-order chi connectivity index (χ0) is 9.84. The molecule has 0 atom stereocenters. The summed E-state index contributed by atoms with van der Waals surface area (Å²) in [4.78, 5) is 15.1. The molecule has 1 rings (SSSR count). The van der Waals surface area contributed by atoms with Crippen LogP contribution in [0.15, 0.2) is 12.3 Å². The van der Waals surface area contributed by atoms with Crippen LogP contribution < -0.4 is 11.5 Å². The second-order valence-electron chi connectivity index (χ2n) is 2.55. The van der Waals surface area contributed by atoms with Gasteiger partial charge in [-0.3, -0.25) is 4.79 Å². The van der Waals surface area contributed by atoms with E-state index in [9.17, 15) is 4.79 Å². The highest BCUT2D eigenvalue weighted by atomic mass is 35.5. The Hall–Kier alpha value is -1.13. The maximum Gasteiger partial charge on any atom is 0.167 e. The summed E-state index contributed by atoms with van der Waals surface area (Å²) < 4.78 is 0. The third kappa shape index (κ3) is 2.40. The second kappa shape index (κ2) is 4.20. The molecular formula is C8H10ClN3O. The van der Waals surface area contributed by atoms with Gasteiger partial charge in [0.2, 0.25) is 0 Å². The second-order valence-corrected chi connectivity index (χ2v) is 2.98. The number of Topliss-reactive ketones (excluding diaryl/α,β-unsaturated/α-hetero) is 1. The molecule has 0 saturated carbocycles. The average molecular weight is 200 g/mol. The molecule has 5 heteroatoms. The van der Waals surface area contributed by atoms with Gasteiger partial charge in [0.25, 0.3) is 0 Å². The Kier molecular flexibility index (Phi) is 3.22. The maximum atomic E-state index is 11.4. The summed E-state index contributed by atoms with van der Waals surface area (Å²) in [6, 6.07) is 1.50. The zero-order valence-corrected chi connectivity index (χ0v) is 7.71. The summed E-state index contributed by atoms with van der Waals surface area (Å²) in [5.74, 6) is 0.0675. The summed E-state index contributed by atoms with van der Waals surface area (Å²) in [5, 5.41) is 0.398. The standard InChI is InChI=1S/C8H10ClN3O/c9-5-3-6(7(13)1-2-10)8(11)12-4-5/h3-4H,1-2,10H2,(H2,11,12). The normalized spacial score (nSPS) is 10.0. The van der Waals surface area contributed by atoms with Gasteiger partial charge in [-0.05, 0) is 12.6 Å². The van der Waals surface area contributed by atoms with E-state index in [0.717, 1.165) is 0 Å². The van der Waals surface area contributed by atoms with Gasteiger partial charge in [-0.25, -0.2) is 4.98 Å². The lowest BCUT2D eigenvalue weighted by atomic mass is 10.1. The Morgan fingerprint density at radius 2 is 2.31 bits per heavy atom. The van der Waals surface area contributed by atoms with Crippen molar-refractivity contribution in [2.24, 2.45) is 5.73 Å². The van der Waals surface area contributed by atoms with Crippen LogP contribution in [0.2, 0.25) is 5.02 Å². The minimum absolute atomic E-state index is 0.130. The van der Waals surface area contributed by atoms with Crippen molar-refractivity contribution in [1.29, 1.82) is 0 Å². The number of nitrogens with two attached hydrogens (primary N) is 2. The summed E-state index contributed by atoms with van der Waals surface area (Å²) in [7, 11) is 0. The Morgan fingerprint density at radius 1 is 1.62 bits per heavy atom. The van der Waals surface area contributed by atoms with Crippen molar-refractivity contribution in [2.45, 2.75) is 6.42 Å². The molecule has 0 spiro atoms. The minimum Gasteiger partial charge on any atom is -0.383 e. The van der Waals surface area contributed by atoms with Crippen molar-refractivity contribution in [1.82, 2.24) is 4.98 Å². The van der Waals surface area contributed by atoms with E-state index >= 15 is 0 Å². The number of hydrogen-bond donors (Lipinski definition) is 2. The molecular weight excluding hydrogens is 190 g/mol. The fraction of sp³-hybridized carbons (Fsp3) is 0.250. The topological polar surface area (TPSA) is 82.0 Å². The van der Waals surface area contributed by atoms with Crippen LogP contribution in [0.5, 0.6) is 0 Å². The number of anilines is 1. The third-order valence-electron chi connectivity index (χ3n) is 1.56. The maximum absolute atomic E-state index is 11.4. The molecule has 0 aromatic carbocycles. The van der Waals surface area contributed by atoms with Gasteiger partial charge in [-0.15, -0.1) is 0 Å². The first-order chi connectivity index (χ1) is 6.15. The third-order valence-corrected chi connectivity index (χ3v) is 1.76. The highest BCUT2D eigenvalue weighted by Gasteiger charge is 2.09. The fourth-order valence-electron chi connectivity index (χ4n) is 0.939. The number of halogens is 1. The van der Waals surface area contributed by atoms with Gasteiger partial charge < -0.3 is 11.5 Å². The van der Waals surface area contributed by atoms with Crippen LogP contribution in [0.25, 0.3) is 0 Å². The summed E-state index contributed by atoms with van der Waals surface area (Å²) >= 11 is 5.66. The number of aromatic nitrogens is 1. The van der Waals surface area contributed by atoms with Crippen molar-refractivity contribution >= 4 is 23.2 Å². The van der Waals surface area contributed by atoms with Crippen molar-refractivity contribution in [3.05, 3.63) is 22.8 Å². The Morgan fingerprint density at radius 3 is 2.92 bits per heavy atom. The number of carbonyl (C=O) groups excluding carboxylic acids is 1. The van der Waals surface area contributed by atoms with Gasteiger partial charge in [-0.2, -0.15) is 0 Å². The smallest absolute Gasteiger partial charge is 0.167 e. The van der Waals surface area contributed by atoms with Gasteiger partial charge in [-0.1, -0.05) is 11.6 Å². The molecule has 0 aliphatic heterocycles. The molecule has 0 radical (unpaired) electrons. The van der Waals surface area contributed by atoms with Crippen molar-refractivity contribution in [3.63, 3.8) is 0 Å². The number of pyridine rings is 1. The van der Waals surface area contributed by atoms with E-state index < -0.39 is 0 Å². The number of hydrogen-bond acceptors (Lipinski definition) is 4. The molecule has 1 aromatic rings. The first kappa shape index (κ1) is 9.95. The van der Waals surface area contributed by atoms with Crippen LogP contribution in [-0.4, -0.2) is 17.3 Å². The van der Waals surface area contributed by atoms with E-state index in [1.165, 1.54) is 12.3 Å². The van der Waals surface area contributed by atoms with E-state index in [-0.39, 0.29) is 18.0 Å². The van der Waals surface area contributed by atoms with Crippen molar-refractivity contribution < 1.29 is 4.79 Å². The van der Waals surface area contributed by atoms with Gasteiger partial charge in [0, 0.05) is 12.6 Å². The molecule has 0 aliphatic rings. The summed E-state index contributed by atoms with van der Waals surface area (Å²) in [5.41, 5.74) is 11.1. The Labute approximate surface area is 80.9 Å². The highest BCUT2D eigenvalue weighted by molar-refractivity contribution is 6.31. The lowest BCUT2D eigenvalue weighted by Crippen LogP contribution is -2.10. The molecule has 1 aromatic heterocycles. The van der Waals surface area contributed by atoms with E-state index in [2.05, 4.69) is 4.98 Å². The molecule has 0 fully saturated rings. The van der Waals surface area contributed by atoms with Crippen LogP contribution in [-0.2, 0) is 0 Å². The summed E-state index contributed by atoms with van der Waals surface area (Å²) in [6.45, 7) is 0.296. The van der Waals surface area contributed by atoms with Crippen LogP contribution in [0.1, 0.15) is 16.8 Å². The number of ketones is 1. The Bertz CT molecular complexity index is 327. The SMILES string of the molecule is NCCC(=O)c1cc(Cl)cnc1N. The predicted octanol–water partition coefficient (Wildman–Crippen LogP) is 0.849. The average Bonchev–Trinajstić information content (AvgIpc) is 2.09. The quantitative estimate of drug-likeness (QED) is 0.707. The first-order valence-electron chi connectivity index (χ1n) is 3.79. The number of nitrogen functional groups attached to an aromatic ring is 1. The number of rotatable bonds is 3. The zero-order valence-electron chi connectivity index (χ0n) is 6.96. The van der Waals surface area contributed by atoms with Crippen LogP contribution in [0.3, 0.4) is 0 Å². The van der Waals surface area contributed by atoms with Crippen LogP contribution in [0, 0.1) is 0 Å². The highest BCUT2D eigenvalue weighted by Crippen LogP contribution is 2.16. The number of carbonyl (C=O) groups is 1. The van der Waals surface area contributed by atoms with Crippen molar-refractivity contribution in [2.75, 3.05) is 12.3 Å². The molecule has 4 N–H and O–H groups in total. The van der Waals surface area contributed by atoms with E-state index in [0.29, 0.717) is 17.1 Å². The minimum atomic E-state index is -0.130. The molecule has 0 aliphatic carbocycles. The molecule has 0 amide bonds. The van der Waals surface area contributed by atoms with Gasteiger partial charge >= 0.3 is 0 Å². The summed E-state index contributed by atoms with van der Waals surface area (Å²) in [6.07, 6.45) is 1.66. The predicted molar refractivity (Wildman–Crippen MR) is 51.7 cm³/mol. The van der Waals surface area contributed by atoms with Gasteiger partial charge in [0.05, 0.1) is 10.6 Å². The molecule has 13 heavy (non-hydrogen) atoms. The van der Waals surface area contributed by atoms with E-state index in [1.54, 1.807) is 0 Å². The lowest BCUT2D eigenvalue weighted by molar-refractivity contribution is 0.0986. The van der Waals surface area contributed by atoms with Gasteiger partial charge in [0.1, 0.15) is 5.82 Å². The van der Waals surface area contributed by atoms with Crippen LogP contribution in [0.4, 0.5) is 5.82 Å². The number of nitrogens with zero attached hydrogens (tertiary/aromatic N) is 1. The fourth-order valence-corrected chi connectivity index (χ4v) is 1.10. The molecule has 4 nitrogen and oxygen atoms in total. The molecule has 0 saturated heterocycles. The molecule has 70 valence electrons. The van der Waals surface area contributed by atoms with Crippen LogP contribution >= 0.6 is 11.6 Å². The molecule has 1 heterocycles. The lowest BCUT2D eigenvalue weighted by Gasteiger charge is -2.02. The van der Waals surface area contributed by atoms with Gasteiger partial charge in [0.15, 0.2) is 5.78 Å². The van der Waals surface area contributed by atoms with E-state index in [4.69, 9.17) is 23.1 Å². The Balaban J connectivity index is 2.99. The largest absolute Gasteiger partial charge is 0.383 e. The molecule has 0 unspecified atom stereocenters. The molecule has 0 bridgehead atoms. The van der Waals surface area contributed by atoms with E-state index in [1.807, 2.05) is 0 Å².